The third kappa shape index (κ3) is 3.09. The van der Waals surface area contributed by atoms with Gasteiger partial charge in [0.15, 0.2) is 0 Å². The van der Waals surface area contributed by atoms with E-state index in [-0.39, 0.29) is 17.4 Å². The number of fused-ring (bicyclic) bond motifs is 1. The number of rotatable bonds is 6. The number of hydrogen-bond donors (Lipinski definition) is 3. The molecule has 7 heteroatoms. The lowest BCUT2D eigenvalue weighted by Gasteiger charge is -2.28. The summed E-state index contributed by atoms with van der Waals surface area (Å²) in [5.74, 6) is 1.24. The van der Waals surface area contributed by atoms with Crippen molar-refractivity contribution < 1.29 is 5.11 Å². The van der Waals surface area contributed by atoms with Gasteiger partial charge in [0.05, 0.1) is 23.1 Å². The van der Waals surface area contributed by atoms with Gasteiger partial charge in [-0.3, -0.25) is 10.1 Å². The van der Waals surface area contributed by atoms with Crippen LogP contribution in [0, 0.1) is 11.3 Å². The third-order valence-electron chi connectivity index (χ3n) is 6.69. The summed E-state index contributed by atoms with van der Waals surface area (Å²) in [4.78, 5) is 8.34. The molecular weight excluding hydrogens is 364 g/mol. The van der Waals surface area contributed by atoms with E-state index < -0.39 is 0 Å². The summed E-state index contributed by atoms with van der Waals surface area (Å²) in [7, 11) is 0. The fourth-order valence-corrected chi connectivity index (χ4v) is 4.72. The molecule has 7 nitrogen and oxygen atoms in total. The molecule has 0 saturated heterocycles. The molecule has 2 aromatic heterocycles. The number of aliphatic hydroxyl groups is 1. The normalized spacial score (nSPS) is 26.2. The Hall–Kier alpha value is -2.83. The average molecular weight is 393 g/mol. The predicted molar refractivity (Wildman–Crippen MR) is 112 cm³/mol. The third-order valence-corrected chi connectivity index (χ3v) is 6.69. The van der Waals surface area contributed by atoms with E-state index in [1.54, 1.807) is 6.20 Å². The summed E-state index contributed by atoms with van der Waals surface area (Å²) in [5.41, 5.74) is 4.40. The second kappa shape index (κ2) is 6.90. The fourth-order valence-electron chi connectivity index (χ4n) is 4.72. The number of nitrogens with zero attached hydrogens (tertiary/aromatic N) is 4. The zero-order chi connectivity index (χ0) is 20.0. The van der Waals surface area contributed by atoms with Crippen molar-refractivity contribution in [1.29, 1.82) is 0 Å². The van der Waals surface area contributed by atoms with E-state index in [2.05, 4.69) is 50.0 Å². The van der Waals surface area contributed by atoms with E-state index in [0.717, 1.165) is 43.6 Å². The molecule has 3 aliphatic rings. The van der Waals surface area contributed by atoms with Gasteiger partial charge < -0.3 is 15.0 Å². The van der Waals surface area contributed by atoms with E-state index in [4.69, 9.17) is 0 Å². The predicted octanol–water partition coefficient (Wildman–Crippen LogP) is 3.25. The Morgan fingerprint density at radius 2 is 2.31 bits per heavy atom. The van der Waals surface area contributed by atoms with E-state index in [9.17, 15) is 5.11 Å². The Labute approximate surface area is 170 Å². The van der Waals surface area contributed by atoms with Crippen molar-refractivity contribution in [2.45, 2.75) is 58.0 Å². The van der Waals surface area contributed by atoms with Crippen molar-refractivity contribution in [2.24, 2.45) is 16.3 Å². The van der Waals surface area contributed by atoms with Gasteiger partial charge in [-0.1, -0.05) is 19.9 Å². The Morgan fingerprint density at radius 3 is 3.03 bits per heavy atom. The number of aliphatic imine (C=N–C) groups is 1. The van der Waals surface area contributed by atoms with Crippen LogP contribution in [-0.4, -0.2) is 37.1 Å². The summed E-state index contributed by atoms with van der Waals surface area (Å²) in [6, 6.07) is 0.239. The maximum atomic E-state index is 10.9. The molecule has 3 heterocycles. The van der Waals surface area contributed by atoms with Crippen LogP contribution in [0.3, 0.4) is 0 Å². The summed E-state index contributed by atoms with van der Waals surface area (Å²) < 4.78 is 2.09. The van der Waals surface area contributed by atoms with Crippen LogP contribution in [0.4, 0.5) is 0 Å². The maximum Gasteiger partial charge on any atom is 0.125 e. The molecule has 2 aliphatic carbocycles. The number of nitrogens with one attached hydrogen (secondary N) is 2. The van der Waals surface area contributed by atoms with Gasteiger partial charge in [0.1, 0.15) is 5.76 Å². The highest BCUT2D eigenvalue weighted by Crippen LogP contribution is 2.58. The van der Waals surface area contributed by atoms with Crippen LogP contribution in [0.2, 0.25) is 0 Å². The van der Waals surface area contributed by atoms with Gasteiger partial charge in [-0.25, -0.2) is 4.98 Å². The SMILES string of the molecule is CC(C)C(Cn1ccnc1)NC1=C(O)C12CCc1[nH]nc(C3C=CN=CC3)c1C2. The largest absolute Gasteiger partial charge is 0.509 e. The average Bonchev–Trinajstić information content (AvgIpc) is 3.18. The smallest absolute Gasteiger partial charge is 0.125 e. The molecule has 1 spiro atoms. The minimum absolute atomic E-state index is 0.236. The quantitative estimate of drug-likeness (QED) is 0.704. The van der Waals surface area contributed by atoms with Crippen LogP contribution in [-0.2, 0) is 19.4 Å². The first-order valence-electron chi connectivity index (χ1n) is 10.5. The minimum atomic E-state index is -0.236. The van der Waals surface area contributed by atoms with Crippen molar-refractivity contribution in [3.05, 3.63) is 59.4 Å². The highest BCUT2D eigenvalue weighted by molar-refractivity contribution is 5.62. The molecule has 0 bridgehead atoms. The highest BCUT2D eigenvalue weighted by Gasteiger charge is 2.57. The molecule has 29 heavy (non-hydrogen) atoms. The van der Waals surface area contributed by atoms with Crippen LogP contribution in [0.5, 0.6) is 0 Å². The van der Waals surface area contributed by atoms with Gasteiger partial charge in [-0.05, 0) is 37.2 Å². The van der Waals surface area contributed by atoms with E-state index in [1.807, 2.05) is 24.9 Å². The van der Waals surface area contributed by atoms with Gasteiger partial charge in [0.25, 0.3) is 0 Å². The van der Waals surface area contributed by atoms with Crippen LogP contribution in [0.15, 0.2) is 47.4 Å². The monoisotopic (exact) mass is 392 g/mol. The van der Waals surface area contributed by atoms with Crippen molar-refractivity contribution >= 4 is 6.21 Å². The molecule has 0 saturated carbocycles. The summed E-state index contributed by atoms with van der Waals surface area (Å²) in [6.07, 6.45) is 15.1. The molecule has 0 radical (unpaired) electrons. The van der Waals surface area contributed by atoms with Gasteiger partial charge in [0, 0.05) is 49.0 Å². The number of aromatic amines is 1. The number of hydrogen-bond acceptors (Lipinski definition) is 5. The number of allylic oxidation sites excluding steroid dienone is 3. The van der Waals surface area contributed by atoms with Gasteiger partial charge >= 0.3 is 0 Å². The Kier molecular flexibility index (Phi) is 4.33. The first-order chi connectivity index (χ1) is 14.1. The topological polar surface area (TPSA) is 91.1 Å². The molecule has 0 aromatic carbocycles. The molecule has 3 N–H and O–H groups in total. The second-order valence-electron chi connectivity index (χ2n) is 8.82. The van der Waals surface area contributed by atoms with Crippen LogP contribution in [0.25, 0.3) is 0 Å². The minimum Gasteiger partial charge on any atom is -0.509 e. The molecule has 1 aliphatic heterocycles. The molecule has 0 fully saturated rings. The number of aliphatic hydroxyl groups excluding tert-OH is 1. The molecule has 2 aromatic rings. The van der Waals surface area contributed by atoms with Crippen molar-refractivity contribution in [3.63, 3.8) is 0 Å². The number of aryl methyl sites for hydroxylation is 1. The first-order valence-corrected chi connectivity index (χ1v) is 10.5. The van der Waals surface area contributed by atoms with Gasteiger partial charge in [0.2, 0.25) is 0 Å². The van der Waals surface area contributed by atoms with Crippen LogP contribution in [0.1, 0.15) is 49.6 Å². The Balaban J connectivity index is 1.34. The van der Waals surface area contributed by atoms with Crippen LogP contribution >= 0.6 is 0 Å². The van der Waals surface area contributed by atoms with E-state index in [0.29, 0.717) is 11.7 Å². The number of H-pyrrole nitrogens is 1. The van der Waals surface area contributed by atoms with Crippen molar-refractivity contribution in [3.8, 4) is 0 Å². The van der Waals surface area contributed by atoms with Gasteiger partial charge in [-0.15, -0.1) is 0 Å². The lowest BCUT2D eigenvalue weighted by Crippen LogP contribution is -2.37. The first kappa shape index (κ1) is 18.2. The zero-order valence-electron chi connectivity index (χ0n) is 17.0. The van der Waals surface area contributed by atoms with Gasteiger partial charge in [-0.2, -0.15) is 5.10 Å². The highest BCUT2D eigenvalue weighted by atomic mass is 16.3. The molecular formula is C22H28N6O. The van der Waals surface area contributed by atoms with E-state index >= 15 is 0 Å². The lowest BCUT2D eigenvalue weighted by atomic mass is 9.79. The number of imidazole rings is 1. The van der Waals surface area contributed by atoms with Crippen LogP contribution < -0.4 is 5.32 Å². The lowest BCUT2D eigenvalue weighted by molar-refractivity contribution is 0.309. The van der Waals surface area contributed by atoms with Crippen molar-refractivity contribution in [2.75, 3.05) is 0 Å². The summed E-state index contributed by atoms with van der Waals surface area (Å²) in [5, 5.41) is 22.4. The molecule has 3 unspecified atom stereocenters. The molecule has 0 amide bonds. The number of aromatic nitrogens is 4. The fraction of sp³-hybridized carbons (Fsp3) is 0.500. The summed E-state index contributed by atoms with van der Waals surface area (Å²) in [6.45, 7) is 5.26. The Bertz CT molecular complexity index is 983. The maximum absolute atomic E-state index is 10.9. The molecule has 3 atom stereocenters. The van der Waals surface area contributed by atoms with Crippen molar-refractivity contribution in [1.82, 2.24) is 25.1 Å². The molecule has 5 rings (SSSR count). The standard InChI is InChI=1S/C22H28N6O/c1-14(2)18(12-28-10-9-24-13-28)25-20-21(29)22(20)6-3-17-16(11-22)19(27-26-17)15-4-7-23-8-5-15/h4,7-10,13-15,18,25,29H,3,5-6,11-12H2,1-2H3,(H,26,27). The Morgan fingerprint density at radius 1 is 1.41 bits per heavy atom. The molecule has 152 valence electrons. The second-order valence-corrected chi connectivity index (χ2v) is 8.82. The van der Waals surface area contributed by atoms with E-state index in [1.165, 1.54) is 11.3 Å². The zero-order valence-corrected chi connectivity index (χ0v) is 17.0. The summed E-state index contributed by atoms with van der Waals surface area (Å²) >= 11 is 0.